The van der Waals surface area contributed by atoms with Gasteiger partial charge in [0.25, 0.3) is 0 Å². The predicted molar refractivity (Wildman–Crippen MR) is 153 cm³/mol. The first-order chi connectivity index (χ1) is 19.7. The number of cyclic esters (lactones) is 1. The zero-order valence-corrected chi connectivity index (χ0v) is 23.9. The number of benzene rings is 3. The molecule has 3 aromatic rings. The summed E-state index contributed by atoms with van der Waals surface area (Å²) >= 11 is 2.39. The molecule has 4 rings (SSSR count). The van der Waals surface area contributed by atoms with E-state index in [0.717, 1.165) is 10.5 Å². The van der Waals surface area contributed by atoms with Gasteiger partial charge in [-0.3, -0.25) is 9.79 Å². The van der Waals surface area contributed by atoms with Crippen LogP contribution in [0.2, 0.25) is 0 Å². The number of hydrogen-bond acceptors (Lipinski definition) is 6. The van der Waals surface area contributed by atoms with E-state index in [1.807, 2.05) is 30.3 Å². The molecule has 1 heterocycles. The van der Waals surface area contributed by atoms with Crippen molar-refractivity contribution >= 4 is 39.6 Å². The van der Waals surface area contributed by atoms with Crippen LogP contribution in [0.25, 0.3) is 0 Å². The molecule has 3 atom stereocenters. The fraction of sp³-hybridized carbons (Fsp3) is 0.290. The second-order valence-corrected chi connectivity index (χ2v) is 10.5. The van der Waals surface area contributed by atoms with E-state index in [4.69, 9.17) is 9.47 Å². The largest absolute Gasteiger partial charge is 0.464 e. The Bertz CT molecular complexity index is 1330. The third-order valence-corrected chi connectivity index (χ3v) is 7.22. The number of rotatable bonds is 11. The number of ether oxygens (including phenoxy) is 2. The van der Waals surface area contributed by atoms with Crippen LogP contribution in [0.15, 0.2) is 96.0 Å². The Morgan fingerprint density at radius 1 is 1.00 bits per heavy atom. The summed E-state index contributed by atoms with van der Waals surface area (Å²) in [6.45, 7) is 1.40. The highest BCUT2D eigenvalue weighted by molar-refractivity contribution is 9.10. The normalized spacial score (nSPS) is 16.4. The molecule has 0 spiro atoms. The first kappa shape index (κ1) is 30.0. The molecule has 7 nitrogen and oxygen atoms in total. The standard InChI is InChI=1S/C31H29BrF2N2O5/c1-2-40-29(38)28(35-27(22-14-8-4-9-15-22)23-16-10-5-11-17-23)25(31(32,33)34)19-26(37)36-24(20-41-30(36)39)18-21-12-6-3-7-13-21/h3-17,24-25,28H,2,18-20H2,1H3/t24-,25+,28+/m0/s1. The lowest BCUT2D eigenvalue weighted by molar-refractivity contribution is -0.149. The molecule has 1 saturated heterocycles. The Labute approximate surface area is 245 Å². The van der Waals surface area contributed by atoms with E-state index in [-0.39, 0.29) is 18.9 Å². The third kappa shape index (κ3) is 7.64. The van der Waals surface area contributed by atoms with Gasteiger partial charge in [0.1, 0.15) is 6.61 Å². The van der Waals surface area contributed by atoms with Gasteiger partial charge in [-0.25, -0.2) is 14.5 Å². The molecule has 0 bridgehead atoms. The van der Waals surface area contributed by atoms with Crippen LogP contribution in [0.4, 0.5) is 13.6 Å². The van der Waals surface area contributed by atoms with E-state index in [0.29, 0.717) is 17.5 Å². The Morgan fingerprint density at radius 3 is 2.05 bits per heavy atom. The predicted octanol–water partition coefficient (Wildman–Crippen LogP) is 6.04. The number of carbonyl (C=O) groups is 3. The van der Waals surface area contributed by atoms with Crippen LogP contribution in [0.3, 0.4) is 0 Å². The SMILES string of the molecule is CCOC(=O)[C@H](N=C(c1ccccc1)c1ccccc1)[C@@H](CC(=O)N1C(=O)OC[C@@H]1Cc1ccccc1)C(F)(F)Br. The lowest BCUT2D eigenvalue weighted by Crippen LogP contribution is -2.46. The van der Waals surface area contributed by atoms with Gasteiger partial charge in [-0.1, -0.05) is 91.0 Å². The van der Waals surface area contributed by atoms with Crippen molar-refractivity contribution in [1.29, 1.82) is 0 Å². The van der Waals surface area contributed by atoms with Gasteiger partial charge in [-0.2, -0.15) is 8.78 Å². The molecular formula is C31H29BrF2N2O5. The molecule has 0 unspecified atom stereocenters. The van der Waals surface area contributed by atoms with E-state index in [9.17, 15) is 14.4 Å². The zero-order chi connectivity index (χ0) is 29.4. The Hall–Kier alpha value is -3.92. The minimum Gasteiger partial charge on any atom is -0.464 e. The summed E-state index contributed by atoms with van der Waals surface area (Å²) in [5, 5.41) is 0. The van der Waals surface area contributed by atoms with Crippen molar-refractivity contribution in [3.05, 3.63) is 108 Å². The number of esters is 1. The third-order valence-electron chi connectivity index (χ3n) is 6.63. The van der Waals surface area contributed by atoms with Gasteiger partial charge in [0.15, 0.2) is 6.04 Å². The lowest BCUT2D eigenvalue weighted by Gasteiger charge is -2.29. The minimum atomic E-state index is -3.72. The van der Waals surface area contributed by atoms with Crippen molar-refractivity contribution < 1.29 is 32.6 Å². The molecule has 0 aliphatic carbocycles. The van der Waals surface area contributed by atoms with Crippen LogP contribution in [-0.4, -0.2) is 58.7 Å². The quantitative estimate of drug-likeness (QED) is 0.147. The van der Waals surface area contributed by atoms with Gasteiger partial charge in [0.2, 0.25) is 5.91 Å². The van der Waals surface area contributed by atoms with Crippen LogP contribution < -0.4 is 0 Å². The number of amides is 2. The van der Waals surface area contributed by atoms with Crippen LogP contribution in [0, 0.1) is 5.92 Å². The highest BCUT2D eigenvalue weighted by atomic mass is 79.9. The van der Waals surface area contributed by atoms with Crippen molar-refractivity contribution in [2.45, 2.75) is 36.7 Å². The Kier molecular flexibility index (Phi) is 9.99. The maximum absolute atomic E-state index is 15.2. The highest BCUT2D eigenvalue weighted by Crippen LogP contribution is 2.39. The second kappa shape index (κ2) is 13.6. The monoisotopic (exact) mass is 626 g/mol. The fourth-order valence-electron chi connectivity index (χ4n) is 4.68. The molecule has 3 aromatic carbocycles. The Balaban J connectivity index is 1.72. The molecule has 0 radical (unpaired) electrons. The average molecular weight is 627 g/mol. The van der Waals surface area contributed by atoms with Crippen molar-refractivity contribution in [1.82, 2.24) is 4.90 Å². The number of carbonyl (C=O) groups excluding carboxylic acids is 3. The number of alkyl halides is 3. The maximum atomic E-state index is 15.2. The van der Waals surface area contributed by atoms with E-state index >= 15 is 8.78 Å². The second-order valence-electron chi connectivity index (χ2n) is 9.44. The summed E-state index contributed by atoms with van der Waals surface area (Å²) in [5.41, 5.74) is 2.30. The summed E-state index contributed by atoms with van der Waals surface area (Å²) in [6, 6.07) is 24.3. The van der Waals surface area contributed by atoms with E-state index in [2.05, 4.69) is 20.9 Å². The molecule has 214 valence electrons. The van der Waals surface area contributed by atoms with Gasteiger partial charge in [0, 0.05) is 17.5 Å². The highest BCUT2D eigenvalue weighted by Gasteiger charge is 2.49. The van der Waals surface area contributed by atoms with Crippen molar-refractivity contribution in [2.75, 3.05) is 13.2 Å². The molecule has 2 amide bonds. The average Bonchev–Trinajstić information content (AvgIpc) is 3.33. The first-order valence-electron chi connectivity index (χ1n) is 13.1. The van der Waals surface area contributed by atoms with E-state index < -0.39 is 47.2 Å². The van der Waals surface area contributed by atoms with E-state index in [1.54, 1.807) is 67.6 Å². The number of aliphatic imine (C=N–C) groups is 1. The molecule has 10 heteroatoms. The summed E-state index contributed by atoms with van der Waals surface area (Å²) in [5.74, 6) is -3.90. The molecular weight excluding hydrogens is 598 g/mol. The zero-order valence-electron chi connectivity index (χ0n) is 22.3. The van der Waals surface area contributed by atoms with Gasteiger partial charge in [-0.15, -0.1) is 0 Å². The summed E-state index contributed by atoms with van der Waals surface area (Å²) < 4.78 is 40.7. The van der Waals surface area contributed by atoms with Gasteiger partial charge in [0.05, 0.1) is 24.3 Å². The number of hydrogen-bond donors (Lipinski definition) is 0. The van der Waals surface area contributed by atoms with Crippen LogP contribution in [-0.2, 0) is 25.5 Å². The summed E-state index contributed by atoms with van der Waals surface area (Å²) in [4.78, 5) is 40.9. The molecule has 0 aromatic heterocycles. The number of nitrogens with zero attached hydrogens (tertiary/aromatic N) is 2. The smallest absolute Gasteiger partial charge is 0.416 e. The van der Waals surface area contributed by atoms with Crippen molar-refractivity contribution in [3.63, 3.8) is 0 Å². The molecule has 0 N–H and O–H groups in total. The topological polar surface area (TPSA) is 85.3 Å². The number of halogens is 3. The fourth-order valence-corrected chi connectivity index (χ4v) is 5.09. The molecule has 1 aliphatic rings. The number of imide groups is 1. The van der Waals surface area contributed by atoms with Gasteiger partial charge >= 0.3 is 16.9 Å². The van der Waals surface area contributed by atoms with Crippen LogP contribution in [0.1, 0.15) is 30.0 Å². The molecule has 1 aliphatic heterocycles. The maximum Gasteiger partial charge on any atom is 0.416 e. The van der Waals surface area contributed by atoms with Crippen LogP contribution >= 0.6 is 15.9 Å². The summed E-state index contributed by atoms with van der Waals surface area (Å²) in [6.07, 6.45) is -1.50. The van der Waals surface area contributed by atoms with Gasteiger partial charge in [-0.05, 0) is 34.8 Å². The molecule has 0 saturated carbocycles. The molecule has 41 heavy (non-hydrogen) atoms. The van der Waals surface area contributed by atoms with Crippen molar-refractivity contribution in [2.24, 2.45) is 10.9 Å². The summed E-state index contributed by atoms with van der Waals surface area (Å²) in [7, 11) is 0. The Morgan fingerprint density at radius 2 is 1.54 bits per heavy atom. The molecule has 1 fully saturated rings. The van der Waals surface area contributed by atoms with Crippen LogP contribution in [0.5, 0.6) is 0 Å². The lowest BCUT2D eigenvalue weighted by atomic mass is 9.94. The first-order valence-corrected chi connectivity index (χ1v) is 13.9. The van der Waals surface area contributed by atoms with Crippen molar-refractivity contribution in [3.8, 4) is 0 Å². The minimum absolute atomic E-state index is 0.0690. The van der Waals surface area contributed by atoms with E-state index in [1.165, 1.54) is 0 Å². The van der Waals surface area contributed by atoms with Gasteiger partial charge < -0.3 is 9.47 Å².